The zero-order valence-electron chi connectivity index (χ0n) is 19.3. The number of hydrogen-bond donors (Lipinski definition) is 2. The largest absolute Gasteiger partial charge is 0.360 e. The highest BCUT2D eigenvalue weighted by atomic mass is 16.1. The van der Waals surface area contributed by atoms with Gasteiger partial charge in [-0.05, 0) is 43.4 Å². The minimum absolute atomic E-state index is 0.222. The molecule has 6 rings (SSSR count). The van der Waals surface area contributed by atoms with E-state index in [9.17, 15) is 4.79 Å². The Morgan fingerprint density at radius 1 is 0.886 bits per heavy atom. The first-order valence-electron chi connectivity index (χ1n) is 11.5. The lowest BCUT2D eigenvalue weighted by atomic mass is 10.1. The summed E-state index contributed by atoms with van der Waals surface area (Å²) in [5.41, 5.74) is 5.10. The van der Waals surface area contributed by atoms with E-state index in [0.717, 1.165) is 65.1 Å². The summed E-state index contributed by atoms with van der Waals surface area (Å²) in [6.45, 7) is 3.74. The normalized spacial score (nSPS) is 14.5. The lowest BCUT2D eigenvalue weighted by molar-refractivity contribution is 0.102. The number of nitrogens with one attached hydrogen (secondary N) is 2. The zero-order chi connectivity index (χ0) is 23.8. The van der Waals surface area contributed by atoms with Gasteiger partial charge >= 0.3 is 0 Å². The van der Waals surface area contributed by atoms with Gasteiger partial charge in [-0.1, -0.05) is 0 Å². The molecule has 0 bridgehead atoms. The van der Waals surface area contributed by atoms with Gasteiger partial charge in [0.2, 0.25) is 0 Å². The molecule has 0 radical (unpaired) electrons. The summed E-state index contributed by atoms with van der Waals surface area (Å²) in [6, 6.07) is 11.4. The van der Waals surface area contributed by atoms with E-state index < -0.39 is 0 Å². The molecule has 0 aromatic carbocycles. The van der Waals surface area contributed by atoms with Gasteiger partial charge in [0.05, 0.1) is 22.7 Å². The topological polar surface area (TPSA) is 103 Å². The van der Waals surface area contributed by atoms with Gasteiger partial charge in [0.15, 0.2) is 0 Å². The van der Waals surface area contributed by atoms with Gasteiger partial charge in [-0.15, -0.1) is 0 Å². The van der Waals surface area contributed by atoms with Crippen LogP contribution in [0.1, 0.15) is 10.4 Å². The van der Waals surface area contributed by atoms with E-state index >= 15 is 0 Å². The SMILES string of the molecule is CN1CCN(c2cc(C(=O)Nc3cc4cc(-c5cnc6cc[nH]c6c5)cnc4cn3)ccn2)CC1. The smallest absolute Gasteiger partial charge is 0.257 e. The number of fused-ring (bicyclic) bond motifs is 2. The summed E-state index contributed by atoms with van der Waals surface area (Å²) in [5.74, 6) is 1.07. The van der Waals surface area contributed by atoms with Crippen LogP contribution in [0.25, 0.3) is 33.1 Å². The highest BCUT2D eigenvalue weighted by Gasteiger charge is 2.17. The number of rotatable bonds is 4. The van der Waals surface area contributed by atoms with Crippen molar-refractivity contribution in [2.45, 2.75) is 0 Å². The second kappa shape index (κ2) is 8.77. The van der Waals surface area contributed by atoms with E-state index in [0.29, 0.717) is 11.4 Å². The molecule has 0 spiro atoms. The van der Waals surface area contributed by atoms with Gasteiger partial charge in [0.1, 0.15) is 11.6 Å². The number of anilines is 2. The predicted molar refractivity (Wildman–Crippen MR) is 137 cm³/mol. The van der Waals surface area contributed by atoms with Gasteiger partial charge in [-0.2, -0.15) is 0 Å². The van der Waals surface area contributed by atoms with Crippen molar-refractivity contribution in [1.29, 1.82) is 0 Å². The highest BCUT2D eigenvalue weighted by Crippen LogP contribution is 2.25. The Morgan fingerprint density at radius 2 is 1.69 bits per heavy atom. The molecule has 0 aliphatic carbocycles. The number of pyridine rings is 4. The summed E-state index contributed by atoms with van der Waals surface area (Å²) in [4.78, 5) is 38.6. The van der Waals surface area contributed by atoms with E-state index in [1.165, 1.54) is 0 Å². The second-order valence-corrected chi connectivity index (χ2v) is 8.77. The van der Waals surface area contributed by atoms with Crippen LogP contribution in [0.15, 0.2) is 67.4 Å². The summed E-state index contributed by atoms with van der Waals surface area (Å²) in [6.07, 6.45) is 8.87. The Bertz CT molecular complexity index is 1540. The number of aromatic amines is 1. The van der Waals surface area contributed by atoms with Crippen LogP contribution in [0, 0.1) is 0 Å². The van der Waals surface area contributed by atoms with Crippen LogP contribution < -0.4 is 10.2 Å². The van der Waals surface area contributed by atoms with Crippen molar-refractivity contribution < 1.29 is 4.79 Å². The van der Waals surface area contributed by atoms with Gasteiger partial charge in [0, 0.05) is 73.0 Å². The molecule has 2 N–H and O–H groups in total. The van der Waals surface area contributed by atoms with E-state index in [2.05, 4.69) is 53.2 Å². The minimum Gasteiger partial charge on any atom is -0.360 e. The first-order valence-corrected chi connectivity index (χ1v) is 11.5. The molecule has 9 nitrogen and oxygen atoms in total. The number of H-pyrrole nitrogens is 1. The number of amides is 1. The molecule has 5 aromatic rings. The summed E-state index contributed by atoms with van der Waals surface area (Å²) in [7, 11) is 2.11. The molecule has 5 aromatic heterocycles. The number of carbonyl (C=O) groups excluding carboxylic acids is 1. The van der Waals surface area contributed by atoms with Gasteiger partial charge in [0.25, 0.3) is 5.91 Å². The third kappa shape index (κ3) is 4.29. The van der Waals surface area contributed by atoms with Crippen molar-refractivity contribution in [2.75, 3.05) is 43.4 Å². The Kier molecular flexibility index (Phi) is 5.31. The van der Waals surface area contributed by atoms with E-state index in [-0.39, 0.29) is 5.91 Å². The summed E-state index contributed by atoms with van der Waals surface area (Å²) >= 11 is 0. The summed E-state index contributed by atoms with van der Waals surface area (Å²) < 4.78 is 0. The van der Waals surface area contributed by atoms with Crippen molar-refractivity contribution in [2.24, 2.45) is 0 Å². The van der Waals surface area contributed by atoms with Crippen LogP contribution in [0.3, 0.4) is 0 Å². The molecule has 9 heteroatoms. The Balaban J connectivity index is 1.24. The van der Waals surface area contributed by atoms with Crippen LogP contribution >= 0.6 is 0 Å². The summed E-state index contributed by atoms with van der Waals surface area (Å²) in [5, 5.41) is 3.80. The molecule has 35 heavy (non-hydrogen) atoms. The van der Waals surface area contributed by atoms with Crippen LogP contribution in [-0.4, -0.2) is 69.0 Å². The van der Waals surface area contributed by atoms with Crippen molar-refractivity contribution in [3.05, 3.63) is 72.9 Å². The van der Waals surface area contributed by atoms with Crippen molar-refractivity contribution in [3.8, 4) is 11.1 Å². The number of hydrogen-bond acceptors (Lipinski definition) is 7. The highest BCUT2D eigenvalue weighted by molar-refractivity contribution is 6.04. The van der Waals surface area contributed by atoms with E-state index in [4.69, 9.17) is 0 Å². The van der Waals surface area contributed by atoms with Crippen LogP contribution in [0.5, 0.6) is 0 Å². The molecule has 1 amide bonds. The number of nitrogens with zero attached hydrogens (tertiary/aromatic N) is 6. The van der Waals surface area contributed by atoms with Crippen molar-refractivity contribution in [1.82, 2.24) is 29.8 Å². The van der Waals surface area contributed by atoms with Gasteiger partial charge < -0.3 is 20.1 Å². The predicted octanol–water partition coefficient (Wildman–Crippen LogP) is 3.57. The molecular formula is C26H24N8O. The molecule has 0 saturated carbocycles. The average molecular weight is 465 g/mol. The van der Waals surface area contributed by atoms with Crippen LogP contribution in [0.4, 0.5) is 11.6 Å². The maximum atomic E-state index is 13.0. The van der Waals surface area contributed by atoms with E-state index in [1.807, 2.05) is 42.9 Å². The molecule has 0 atom stereocenters. The third-order valence-electron chi connectivity index (χ3n) is 6.38. The van der Waals surface area contributed by atoms with Gasteiger partial charge in [-0.25, -0.2) is 9.97 Å². The lowest BCUT2D eigenvalue weighted by Gasteiger charge is -2.33. The molecule has 174 valence electrons. The lowest BCUT2D eigenvalue weighted by Crippen LogP contribution is -2.44. The standard InChI is InChI=1S/C26H24N8O/c1-33-6-8-34(9-7-33)25-13-17(2-4-28-25)26(35)32-24-12-18-10-19(14-30-23(18)16-31-24)20-11-22-21(29-15-20)3-5-27-22/h2-5,10-16,27H,6-9H2,1H3,(H,31,32,35). The van der Waals surface area contributed by atoms with E-state index in [1.54, 1.807) is 18.5 Å². The monoisotopic (exact) mass is 464 g/mol. The maximum Gasteiger partial charge on any atom is 0.257 e. The average Bonchev–Trinajstić information content (AvgIpc) is 3.37. The Labute approximate surface area is 201 Å². The molecule has 1 aliphatic heterocycles. The molecular weight excluding hydrogens is 440 g/mol. The molecule has 6 heterocycles. The van der Waals surface area contributed by atoms with Crippen molar-refractivity contribution >= 4 is 39.5 Å². The molecule has 0 unspecified atom stereocenters. The zero-order valence-corrected chi connectivity index (χ0v) is 19.3. The first-order chi connectivity index (χ1) is 17.1. The number of aromatic nitrogens is 5. The van der Waals surface area contributed by atoms with Crippen molar-refractivity contribution in [3.63, 3.8) is 0 Å². The fourth-order valence-electron chi connectivity index (χ4n) is 4.31. The van der Waals surface area contributed by atoms with Gasteiger partial charge in [-0.3, -0.25) is 14.8 Å². The van der Waals surface area contributed by atoms with Crippen LogP contribution in [0.2, 0.25) is 0 Å². The minimum atomic E-state index is -0.222. The molecule has 1 saturated heterocycles. The fraction of sp³-hybridized carbons (Fsp3) is 0.192. The van der Waals surface area contributed by atoms with Crippen LogP contribution in [-0.2, 0) is 0 Å². The second-order valence-electron chi connectivity index (χ2n) is 8.77. The quantitative estimate of drug-likeness (QED) is 0.419. The Hall–Kier alpha value is -4.37. The molecule has 1 fully saturated rings. The fourth-order valence-corrected chi connectivity index (χ4v) is 4.31. The third-order valence-corrected chi connectivity index (χ3v) is 6.38. The number of carbonyl (C=O) groups is 1. The molecule has 1 aliphatic rings. The Morgan fingerprint density at radius 3 is 2.54 bits per heavy atom. The first kappa shape index (κ1) is 21.2. The maximum absolute atomic E-state index is 13.0. The number of likely N-dealkylation sites (N-methyl/N-ethyl adjacent to an activating group) is 1. The number of piperazine rings is 1.